The number of rotatable bonds is 6. The minimum atomic E-state index is -0.287. The topological polar surface area (TPSA) is 46.9 Å². The van der Waals surface area contributed by atoms with E-state index in [0.29, 0.717) is 6.54 Å². The van der Waals surface area contributed by atoms with Crippen molar-refractivity contribution in [3.8, 4) is 5.69 Å². The summed E-state index contributed by atoms with van der Waals surface area (Å²) in [6, 6.07) is 13.9. The van der Waals surface area contributed by atoms with Crippen LogP contribution < -0.4 is 5.32 Å². The predicted octanol–water partition coefficient (Wildman–Crippen LogP) is 4.18. The number of benzene rings is 2. The van der Waals surface area contributed by atoms with Gasteiger partial charge in [0, 0.05) is 29.1 Å². The van der Waals surface area contributed by atoms with Crippen molar-refractivity contribution in [2.45, 2.75) is 11.7 Å². The first-order valence-electron chi connectivity index (χ1n) is 7.55. The van der Waals surface area contributed by atoms with E-state index in [-0.39, 0.29) is 17.5 Å². The number of hydrogen-bond donors (Lipinski definition) is 1. The van der Waals surface area contributed by atoms with Crippen LogP contribution in [0.15, 0.2) is 70.6 Å². The Morgan fingerprint density at radius 2 is 1.88 bits per heavy atom. The molecule has 0 aliphatic rings. The molecule has 0 saturated heterocycles. The summed E-state index contributed by atoms with van der Waals surface area (Å²) >= 11 is 4.78. The molecule has 0 bridgehead atoms. The van der Waals surface area contributed by atoms with E-state index in [2.05, 4.69) is 26.2 Å². The van der Waals surface area contributed by atoms with Crippen molar-refractivity contribution >= 4 is 33.6 Å². The summed E-state index contributed by atoms with van der Waals surface area (Å²) in [5.74, 6) is -0.126. The number of thioether (sulfide) groups is 1. The third kappa shape index (κ3) is 4.93. The number of carbonyl (C=O) groups excluding carboxylic acids is 1. The first kappa shape index (κ1) is 17.7. The fraction of sp³-hybridized carbons (Fsp3) is 0.111. The normalized spacial score (nSPS) is 10.6. The van der Waals surface area contributed by atoms with Gasteiger partial charge in [-0.15, -0.1) is 0 Å². The van der Waals surface area contributed by atoms with Crippen molar-refractivity contribution < 1.29 is 9.18 Å². The SMILES string of the molecule is O=C(CSc1nccn1-c1ccc(Br)cc1)NCc1ccc(F)cc1. The van der Waals surface area contributed by atoms with E-state index in [9.17, 15) is 9.18 Å². The van der Waals surface area contributed by atoms with Crippen molar-refractivity contribution in [2.24, 2.45) is 0 Å². The van der Waals surface area contributed by atoms with Gasteiger partial charge in [-0.25, -0.2) is 9.37 Å². The van der Waals surface area contributed by atoms with Gasteiger partial charge >= 0.3 is 0 Å². The van der Waals surface area contributed by atoms with Gasteiger partial charge in [-0.3, -0.25) is 9.36 Å². The molecule has 7 heteroatoms. The fourth-order valence-electron chi connectivity index (χ4n) is 2.18. The van der Waals surface area contributed by atoms with Crippen molar-refractivity contribution in [2.75, 3.05) is 5.75 Å². The maximum absolute atomic E-state index is 12.9. The highest BCUT2D eigenvalue weighted by atomic mass is 79.9. The van der Waals surface area contributed by atoms with E-state index in [1.54, 1.807) is 18.3 Å². The summed E-state index contributed by atoms with van der Waals surface area (Å²) in [5.41, 5.74) is 1.84. The molecule has 0 aliphatic heterocycles. The highest BCUT2D eigenvalue weighted by Crippen LogP contribution is 2.21. The largest absolute Gasteiger partial charge is 0.351 e. The zero-order valence-corrected chi connectivity index (χ0v) is 15.6. The molecule has 1 amide bonds. The molecule has 0 aliphatic carbocycles. The van der Waals surface area contributed by atoms with Crippen LogP contribution in [0.4, 0.5) is 4.39 Å². The van der Waals surface area contributed by atoms with Crippen LogP contribution in [0.5, 0.6) is 0 Å². The Labute approximate surface area is 157 Å². The van der Waals surface area contributed by atoms with E-state index >= 15 is 0 Å². The summed E-state index contributed by atoms with van der Waals surface area (Å²) in [6.45, 7) is 0.376. The third-order valence-corrected chi connectivity index (χ3v) is 4.94. The molecular formula is C18H15BrFN3OS. The molecule has 0 spiro atoms. The number of hydrogen-bond acceptors (Lipinski definition) is 3. The van der Waals surface area contributed by atoms with E-state index in [0.717, 1.165) is 20.9 Å². The highest BCUT2D eigenvalue weighted by Gasteiger charge is 2.09. The summed E-state index contributed by atoms with van der Waals surface area (Å²) in [7, 11) is 0. The average Bonchev–Trinajstić information content (AvgIpc) is 3.09. The number of amides is 1. The Morgan fingerprint density at radius 3 is 2.60 bits per heavy atom. The maximum Gasteiger partial charge on any atom is 0.230 e. The van der Waals surface area contributed by atoms with Crippen molar-refractivity contribution in [1.29, 1.82) is 0 Å². The molecule has 0 saturated carbocycles. The zero-order valence-electron chi connectivity index (χ0n) is 13.2. The summed E-state index contributed by atoms with van der Waals surface area (Å²) < 4.78 is 15.8. The van der Waals surface area contributed by atoms with Crippen molar-refractivity contribution in [3.05, 3.63) is 76.8 Å². The number of aromatic nitrogens is 2. The molecule has 0 radical (unpaired) electrons. The quantitative estimate of drug-likeness (QED) is 0.609. The highest BCUT2D eigenvalue weighted by molar-refractivity contribution is 9.10. The van der Waals surface area contributed by atoms with Crippen LogP contribution in [0, 0.1) is 5.82 Å². The summed E-state index contributed by atoms with van der Waals surface area (Å²) in [4.78, 5) is 16.3. The monoisotopic (exact) mass is 419 g/mol. The van der Waals surface area contributed by atoms with Gasteiger partial charge in [0.15, 0.2) is 5.16 Å². The lowest BCUT2D eigenvalue weighted by atomic mass is 10.2. The Hall–Kier alpha value is -2.12. The number of nitrogens with one attached hydrogen (secondary N) is 1. The number of imidazole rings is 1. The first-order valence-corrected chi connectivity index (χ1v) is 9.33. The van der Waals surface area contributed by atoms with E-state index in [1.165, 1.54) is 23.9 Å². The Morgan fingerprint density at radius 1 is 1.16 bits per heavy atom. The van der Waals surface area contributed by atoms with Crippen LogP contribution in [-0.4, -0.2) is 21.2 Å². The van der Waals surface area contributed by atoms with Gasteiger partial charge in [0.05, 0.1) is 5.75 Å². The first-order chi connectivity index (χ1) is 12.1. The molecule has 0 fully saturated rings. The molecule has 1 N–H and O–H groups in total. The van der Waals surface area contributed by atoms with Crippen LogP contribution in [0.3, 0.4) is 0 Å². The van der Waals surface area contributed by atoms with Gasteiger partial charge in [0.25, 0.3) is 0 Å². The van der Waals surface area contributed by atoms with Gasteiger partial charge in [-0.1, -0.05) is 39.8 Å². The van der Waals surface area contributed by atoms with Crippen molar-refractivity contribution in [3.63, 3.8) is 0 Å². The Kier molecular flexibility index (Phi) is 5.88. The van der Waals surface area contributed by atoms with Crippen LogP contribution >= 0.6 is 27.7 Å². The van der Waals surface area contributed by atoms with Gasteiger partial charge < -0.3 is 5.32 Å². The zero-order chi connectivity index (χ0) is 17.6. The number of carbonyl (C=O) groups is 1. The lowest BCUT2D eigenvalue weighted by Gasteiger charge is -2.08. The Bertz CT molecular complexity index is 850. The second-order valence-corrected chi connectivity index (χ2v) is 7.11. The van der Waals surface area contributed by atoms with Gasteiger partial charge in [0.1, 0.15) is 5.82 Å². The van der Waals surface area contributed by atoms with Gasteiger partial charge in [-0.05, 0) is 42.0 Å². The van der Waals surface area contributed by atoms with Crippen molar-refractivity contribution in [1.82, 2.24) is 14.9 Å². The third-order valence-electron chi connectivity index (χ3n) is 3.45. The molecule has 25 heavy (non-hydrogen) atoms. The number of nitrogens with zero attached hydrogens (tertiary/aromatic N) is 2. The predicted molar refractivity (Wildman–Crippen MR) is 100 cm³/mol. The van der Waals surface area contributed by atoms with E-state index in [1.807, 2.05) is 35.0 Å². The second kappa shape index (κ2) is 8.31. The smallest absolute Gasteiger partial charge is 0.230 e. The lowest BCUT2D eigenvalue weighted by molar-refractivity contribution is -0.118. The molecule has 0 atom stereocenters. The fourth-order valence-corrected chi connectivity index (χ4v) is 3.25. The minimum Gasteiger partial charge on any atom is -0.351 e. The van der Waals surface area contributed by atoms with E-state index < -0.39 is 0 Å². The van der Waals surface area contributed by atoms with Crippen LogP contribution in [-0.2, 0) is 11.3 Å². The minimum absolute atomic E-state index is 0.0975. The standard InChI is InChI=1S/C18H15BrFN3OS/c19-14-3-7-16(8-4-14)23-10-9-21-18(23)25-12-17(24)22-11-13-1-5-15(20)6-2-13/h1-10H,11-12H2,(H,22,24). The van der Waals surface area contributed by atoms with Gasteiger partial charge in [0.2, 0.25) is 5.91 Å². The molecule has 2 aromatic carbocycles. The number of halogens is 2. The Balaban J connectivity index is 1.55. The van der Waals surface area contributed by atoms with Crippen LogP contribution in [0.2, 0.25) is 0 Å². The van der Waals surface area contributed by atoms with E-state index in [4.69, 9.17) is 0 Å². The maximum atomic E-state index is 12.9. The average molecular weight is 420 g/mol. The molecule has 4 nitrogen and oxygen atoms in total. The van der Waals surface area contributed by atoms with Crippen LogP contribution in [0.25, 0.3) is 5.69 Å². The van der Waals surface area contributed by atoms with Crippen LogP contribution in [0.1, 0.15) is 5.56 Å². The lowest BCUT2D eigenvalue weighted by Crippen LogP contribution is -2.24. The molecule has 3 aromatic rings. The molecule has 3 rings (SSSR count). The molecule has 128 valence electrons. The molecule has 1 aromatic heterocycles. The molecule has 1 heterocycles. The molecular weight excluding hydrogens is 405 g/mol. The summed E-state index contributed by atoms with van der Waals surface area (Å²) in [5, 5.41) is 3.57. The molecule has 0 unspecified atom stereocenters. The second-order valence-electron chi connectivity index (χ2n) is 5.25. The summed E-state index contributed by atoms with van der Waals surface area (Å²) in [6.07, 6.45) is 3.57. The van der Waals surface area contributed by atoms with Gasteiger partial charge in [-0.2, -0.15) is 0 Å².